The van der Waals surface area contributed by atoms with Crippen LogP contribution in [0, 0.1) is 9.39 Å². The molecule has 0 radical (unpaired) electrons. The van der Waals surface area contributed by atoms with Gasteiger partial charge >= 0.3 is 0 Å². The predicted molar refractivity (Wildman–Crippen MR) is 64.0 cm³/mol. The normalized spacial score (nSPS) is 22.3. The van der Waals surface area contributed by atoms with Crippen molar-refractivity contribution in [2.45, 2.75) is 18.8 Å². The Bertz CT molecular complexity index is 321. The minimum Gasteiger partial charge on any atom is -0.316 e. The van der Waals surface area contributed by atoms with Gasteiger partial charge in [-0.2, -0.15) is 0 Å². The fourth-order valence-corrected chi connectivity index (χ4v) is 2.44. The Labute approximate surface area is 97.2 Å². The number of hydrogen-bond donors (Lipinski definition) is 1. The molecule has 0 aliphatic carbocycles. The molecule has 0 spiro atoms. The van der Waals surface area contributed by atoms with Gasteiger partial charge in [0.2, 0.25) is 0 Å². The van der Waals surface area contributed by atoms with E-state index in [1.807, 2.05) is 12.1 Å². The van der Waals surface area contributed by atoms with Gasteiger partial charge in [0.05, 0.1) is 0 Å². The number of halogens is 2. The van der Waals surface area contributed by atoms with Crippen LogP contribution in [0.3, 0.4) is 0 Å². The van der Waals surface area contributed by atoms with Crippen molar-refractivity contribution in [1.29, 1.82) is 0 Å². The maximum atomic E-state index is 13.0. The van der Waals surface area contributed by atoms with Crippen molar-refractivity contribution in [3.63, 3.8) is 0 Å². The highest BCUT2D eigenvalue weighted by atomic mass is 127. The van der Waals surface area contributed by atoms with Gasteiger partial charge in [-0.25, -0.2) is 4.39 Å². The average molecular weight is 305 g/mol. The summed E-state index contributed by atoms with van der Waals surface area (Å²) in [4.78, 5) is 0. The van der Waals surface area contributed by atoms with Crippen molar-refractivity contribution in [2.75, 3.05) is 13.1 Å². The molecule has 1 fully saturated rings. The zero-order valence-corrected chi connectivity index (χ0v) is 10.1. The SMILES string of the molecule is Fc1ccc(C2CCCNC2)cc1I. The molecule has 1 aliphatic heterocycles. The van der Waals surface area contributed by atoms with Gasteiger partial charge < -0.3 is 5.32 Å². The van der Waals surface area contributed by atoms with Crippen LogP contribution in [-0.4, -0.2) is 13.1 Å². The van der Waals surface area contributed by atoms with E-state index in [2.05, 4.69) is 27.9 Å². The van der Waals surface area contributed by atoms with Crippen molar-refractivity contribution in [2.24, 2.45) is 0 Å². The molecule has 1 aromatic rings. The Morgan fingerprint density at radius 3 is 2.93 bits per heavy atom. The van der Waals surface area contributed by atoms with Gasteiger partial charge in [0.15, 0.2) is 0 Å². The van der Waals surface area contributed by atoms with Crippen molar-refractivity contribution in [3.05, 3.63) is 33.1 Å². The van der Waals surface area contributed by atoms with Crippen molar-refractivity contribution >= 4 is 22.6 Å². The van der Waals surface area contributed by atoms with Crippen LogP contribution in [0.25, 0.3) is 0 Å². The maximum Gasteiger partial charge on any atom is 0.136 e. The van der Waals surface area contributed by atoms with Gasteiger partial charge in [0, 0.05) is 10.1 Å². The summed E-state index contributed by atoms with van der Waals surface area (Å²) in [5.74, 6) is 0.455. The summed E-state index contributed by atoms with van der Waals surface area (Å²) >= 11 is 2.05. The molecule has 1 unspecified atom stereocenters. The Hall–Kier alpha value is -0.160. The summed E-state index contributed by atoms with van der Waals surface area (Å²) < 4.78 is 13.8. The molecule has 1 aliphatic rings. The Morgan fingerprint density at radius 2 is 2.29 bits per heavy atom. The Balaban J connectivity index is 2.18. The lowest BCUT2D eigenvalue weighted by Gasteiger charge is -2.23. The third kappa shape index (κ3) is 2.25. The third-order valence-corrected chi connectivity index (χ3v) is 3.54. The summed E-state index contributed by atoms with van der Waals surface area (Å²) in [6.45, 7) is 2.15. The second kappa shape index (κ2) is 4.57. The summed E-state index contributed by atoms with van der Waals surface area (Å²) in [6.07, 6.45) is 2.44. The molecule has 1 N–H and O–H groups in total. The largest absolute Gasteiger partial charge is 0.316 e. The smallest absolute Gasteiger partial charge is 0.136 e. The van der Waals surface area contributed by atoms with E-state index < -0.39 is 0 Å². The first-order valence-corrected chi connectivity index (χ1v) is 6.01. The Kier molecular flexibility index (Phi) is 3.38. The predicted octanol–water partition coefficient (Wildman–Crippen LogP) is 2.90. The number of piperidine rings is 1. The van der Waals surface area contributed by atoms with E-state index in [4.69, 9.17) is 0 Å². The van der Waals surface area contributed by atoms with Crippen LogP contribution < -0.4 is 5.32 Å². The number of nitrogens with one attached hydrogen (secondary N) is 1. The van der Waals surface area contributed by atoms with Crippen LogP contribution in [0.2, 0.25) is 0 Å². The highest BCUT2D eigenvalue weighted by Gasteiger charge is 2.15. The lowest BCUT2D eigenvalue weighted by molar-refractivity contribution is 0.461. The van der Waals surface area contributed by atoms with Crippen LogP contribution >= 0.6 is 22.6 Å². The molecule has 0 saturated carbocycles. The minimum absolute atomic E-state index is 0.113. The molecule has 2 rings (SSSR count). The molecule has 1 atom stereocenters. The molecule has 1 heterocycles. The summed E-state index contributed by atoms with van der Waals surface area (Å²) in [6, 6.07) is 5.45. The molecule has 1 aromatic carbocycles. The first-order chi connectivity index (χ1) is 6.77. The minimum atomic E-state index is -0.113. The van der Waals surface area contributed by atoms with Crippen molar-refractivity contribution in [3.8, 4) is 0 Å². The topological polar surface area (TPSA) is 12.0 Å². The second-order valence-corrected chi connectivity index (χ2v) is 4.88. The fraction of sp³-hybridized carbons (Fsp3) is 0.455. The van der Waals surface area contributed by atoms with Gasteiger partial charge in [0.25, 0.3) is 0 Å². The molecule has 0 bridgehead atoms. The lowest BCUT2D eigenvalue weighted by Crippen LogP contribution is -2.28. The molecule has 0 amide bonds. The maximum absolute atomic E-state index is 13.0. The number of hydrogen-bond acceptors (Lipinski definition) is 1. The number of benzene rings is 1. The average Bonchev–Trinajstić information content (AvgIpc) is 2.23. The summed E-state index contributed by atoms with van der Waals surface area (Å²) in [5.41, 5.74) is 1.27. The second-order valence-electron chi connectivity index (χ2n) is 3.72. The van der Waals surface area contributed by atoms with E-state index in [1.54, 1.807) is 6.07 Å². The molecule has 3 heteroatoms. The van der Waals surface area contributed by atoms with Crippen molar-refractivity contribution in [1.82, 2.24) is 5.32 Å². The zero-order valence-electron chi connectivity index (χ0n) is 7.89. The monoisotopic (exact) mass is 305 g/mol. The van der Waals surface area contributed by atoms with Crippen LogP contribution in [-0.2, 0) is 0 Å². The fourth-order valence-electron chi connectivity index (χ4n) is 1.90. The molecular weight excluding hydrogens is 292 g/mol. The van der Waals surface area contributed by atoms with Gasteiger partial charge in [-0.05, 0) is 65.6 Å². The molecule has 1 saturated heterocycles. The van der Waals surface area contributed by atoms with Crippen LogP contribution in [0.15, 0.2) is 18.2 Å². The highest BCUT2D eigenvalue weighted by Crippen LogP contribution is 2.25. The van der Waals surface area contributed by atoms with E-state index in [-0.39, 0.29) is 5.82 Å². The van der Waals surface area contributed by atoms with E-state index >= 15 is 0 Å². The number of rotatable bonds is 1. The molecule has 14 heavy (non-hydrogen) atoms. The quantitative estimate of drug-likeness (QED) is 0.787. The summed E-state index contributed by atoms with van der Waals surface area (Å²) in [7, 11) is 0. The van der Waals surface area contributed by atoms with Crippen LogP contribution in [0.4, 0.5) is 4.39 Å². The molecule has 76 valence electrons. The van der Waals surface area contributed by atoms with Crippen molar-refractivity contribution < 1.29 is 4.39 Å². The van der Waals surface area contributed by atoms with E-state index in [1.165, 1.54) is 18.4 Å². The standard InChI is InChI=1S/C11H13FIN/c12-10-4-3-8(6-11(10)13)9-2-1-5-14-7-9/h3-4,6,9,14H,1-2,5,7H2. The first kappa shape index (κ1) is 10.4. The molecule has 0 aromatic heterocycles. The third-order valence-electron chi connectivity index (χ3n) is 2.71. The molecule has 1 nitrogen and oxygen atoms in total. The van der Waals surface area contributed by atoms with E-state index in [9.17, 15) is 4.39 Å². The molecular formula is C11H13FIN. The van der Waals surface area contributed by atoms with Gasteiger partial charge in [-0.1, -0.05) is 6.07 Å². The van der Waals surface area contributed by atoms with Gasteiger partial charge in [-0.15, -0.1) is 0 Å². The first-order valence-electron chi connectivity index (χ1n) is 4.93. The van der Waals surface area contributed by atoms with E-state index in [0.29, 0.717) is 5.92 Å². The van der Waals surface area contributed by atoms with Gasteiger partial charge in [0.1, 0.15) is 5.82 Å². The summed E-state index contributed by atoms with van der Waals surface area (Å²) in [5, 5.41) is 3.37. The van der Waals surface area contributed by atoms with E-state index in [0.717, 1.165) is 16.7 Å². The lowest BCUT2D eigenvalue weighted by atomic mass is 9.92. The highest BCUT2D eigenvalue weighted by molar-refractivity contribution is 14.1. The van der Waals surface area contributed by atoms with Crippen LogP contribution in [0.5, 0.6) is 0 Å². The van der Waals surface area contributed by atoms with Gasteiger partial charge in [-0.3, -0.25) is 0 Å². The van der Waals surface area contributed by atoms with Crippen LogP contribution in [0.1, 0.15) is 24.3 Å². The zero-order chi connectivity index (χ0) is 9.97. The Morgan fingerprint density at radius 1 is 1.43 bits per heavy atom.